The number of sulfonamides is 1. The van der Waals surface area contributed by atoms with Crippen LogP contribution < -0.4 is 20.3 Å². The zero-order chi connectivity index (χ0) is 32.4. The van der Waals surface area contributed by atoms with Crippen LogP contribution in [0.25, 0.3) is 0 Å². The van der Waals surface area contributed by atoms with Crippen molar-refractivity contribution in [2.24, 2.45) is 0 Å². The number of halogens is 1. The van der Waals surface area contributed by atoms with Crippen LogP contribution in [0, 0.1) is 0 Å². The van der Waals surface area contributed by atoms with Crippen molar-refractivity contribution in [3.05, 3.63) is 53.7 Å². The van der Waals surface area contributed by atoms with Gasteiger partial charge >= 0.3 is 0 Å². The van der Waals surface area contributed by atoms with Gasteiger partial charge in [0.1, 0.15) is 21.3 Å². The van der Waals surface area contributed by atoms with Gasteiger partial charge in [0.05, 0.1) is 17.6 Å². The monoisotopic (exact) mass is 656 g/mol. The van der Waals surface area contributed by atoms with Gasteiger partial charge in [0.15, 0.2) is 5.82 Å². The second-order valence-electron chi connectivity index (χ2n) is 12.9. The molecule has 0 atom stereocenters. The normalized spacial score (nSPS) is 17.5. The van der Waals surface area contributed by atoms with Crippen LogP contribution in [0.15, 0.2) is 53.6 Å². The summed E-state index contributed by atoms with van der Waals surface area (Å²) in [6.45, 7) is 12.6. The topological polar surface area (TPSA) is 106 Å². The highest BCUT2D eigenvalue weighted by Gasteiger charge is 2.28. The Morgan fingerprint density at radius 3 is 2.31 bits per heavy atom. The Morgan fingerprint density at radius 1 is 0.956 bits per heavy atom. The van der Waals surface area contributed by atoms with E-state index in [-0.39, 0.29) is 21.7 Å². The van der Waals surface area contributed by atoms with Gasteiger partial charge < -0.3 is 25.2 Å². The molecule has 13 heteroatoms. The quantitative estimate of drug-likeness (QED) is 0.317. The van der Waals surface area contributed by atoms with Crippen LogP contribution in [0.1, 0.15) is 33.6 Å². The number of hydrogen-bond donors (Lipinski definition) is 2. The molecule has 1 aromatic heterocycles. The maximum Gasteiger partial charge on any atom is 0.244 e. The SMILES string of the molecule is CN1CCN(C2CCN(c3ccc(Nc4ncc(Cl)c(Nc5ccccc5S(=O)(=O)N(C)C)n4)c(OC(C)(C)C)c3)CC2)CC1. The number of likely N-dealkylation sites (N-methyl/N-ethyl adjacent to an activating group) is 1. The molecule has 2 N–H and O–H groups in total. The summed E-state index contributed by atoms with van der Waals surface area (Å²) in [5, 5.41) is 6.63. The third-order valence-electron chi connectivity index (χ3n) is 8.15. The molecule has 0 radical (unpaired) electrons. The molecule has 0 saturated carbocycles. The lowest BCUT2D eigenvalue weighted by Gasteiger charge is -2.42. The molecule has 2 fully saturated rings. The summed E-state index contributed by atoms with van der Waals surface area (Å²) in [5.74, 6) is 1.25. The molecule has 0 spiro atoms. The molecule has 2 aromatic carbocycles. The molecule has 2 saturated heterocycles. The van der Waals surface area contributed by atoms with Gasteiger partial charge in [0, 0.05) is 71.2 Å². The van der Waals surface area contributed by atoms with Crippen molar-refractivity contribution in [1.29, 1.82) is 0 Å². The number of rotatable bonds is 9. The standard InChI is InChI=1S/C32H45ClN8O3S/c1-32(2,3)44-28-21-24(40-15-13-23(14-16-40)41-19-17-39(6)18-20-41)11-12-26(28)36-31-34-22-25(33)30(37-31)35-27-9-7-8-10-29(27)45(42,43)38(4)5/h7-12,21-23H,13-20H2,1-6H3,(H2,34,35,36,37). The van der Waals surface area contributed by atoms with E-state index in [1.807, 2.05) is 26.8 Å². The number of nitrogens with zero attached hydrogens (tertiary/aromatic N) is 6. The molecular formula is C32H45ClN8O3S. The first-order chi connectivity index (χ1) is 21.3. The van der Waals surface area contributed by atoms with Crippen LogP contribution in [-0.2, 0) is 10.0 Å². The molecule has 2 aliphatic rings. The number of piperazine rings is 1. The van der Waals surface area contributed by atoms with Crippen LogP contribution >= 0.6 is 11.6 Å². The Hall–Kier alpha value is -3.16. The first kappa shape index (κ1) is 33.2. The predicted octanol–water partition coefficient (Wildman–Crippen LogP) is 5.26. The van der Waals surface area contributed by atoms with Crippen molar-refractivity contribution in [3.63, 3.8) is 0 Å². The van der Waals surface area contributed by atoms with Crippen molar-refractivity contribution in [2.75, 3.05) is 75.9 Å². The lowest BCUT2D eigenvalue weighted by Crippen LogP contribution is -2.52. The second-order valence-corrected chi connectivity index (χ2v) is 15.4. The molecule has 3 aromatic rings. The van der Waals surface area contributed by atoms with Crippen molar-refractivity contribution >= 4 is 50.5 Å². The summed E-state index contributed by atoms with van der Waals surface area (Å²) in [6, 6.07) is 13.5. The molecular weight excluding hydrogens is 612 g/mol. The molecule has 2 aliphatic heterocycles. The van der Waals surface area contributed by atoms with Crippen molar-refractivity contribution in [2.45, 2.75) is 50.2 Å². The van der Waals surface area contributed by atoms with E-state index in [1.54, 1.807) is 24.3 Å². The second kappa shape index (κ2) is 13.7. The number of nitrogens with one attached hydrogen (secondary N) is 2. The summed E-state index contributed by atoms with van der Waals surface area (Å²) < 4.78 is 33.4. The predicted molar refractivity (Wildman–Crippen MR) is 182 cm³/mol. The minimum atomic E-state index is -3.70. The van der Waals surface area contributed by atoms with E-state index in [2.05, 4.69) is 54.5 Å². The minimum absolute atomic E-state index is 0.114. The first-order valence-corrected chi connectivity index (χ1v) is 17.2. The van der Waals surface area contributed by atoms with Crippen LogP contribution in [-0.4, -0.2) is 105 Å². The lowest BCUT2D eigenvalue weighted by atomic mass is 10.0. The maximum absolute atomic E-state index is 12.9. The highest BCUT2D eigenvalue weighted by atomic mass is 35.5. The van der Waals surface area contributed by atoms with Gasteiger partial charge in [-0.2, -0.15) is 4.98 Å². The summed E-state index contributed by atoms with van der Waals surface area (Å²) in [4.78, 5) is 16.6. The Kier molecular flexibility index (Phi) is 10.1. The Morgan fingerprint density at radius 2 is 1.64 bits per heavy atom. The van der Waals surface area contributed by atoms with Crippen molar-refractivity contribution < 1.29 is 13.2 Å². The molecule has 0 unspecified atom stereocenters. The average Bonchev–Trinajstić information content (AvgIpc) is 2.99. The fraction of sp³-hybridized carbons (Fsp3) is 0.500. The largest absolute Gasteiger partial charge is 0.486 e. The van der Waals surface area contributed by atoms with Gasteiger partial charge in [-0.25, -0.2) is 17.7 Å². The first-order valence-electron chi connectivity index (χ1n) is 15.4. The van der Waals surface area contributed by atoms with Gasteiger partial charge in [-0.15, -0.1) is 0 Å². The average molecular weight is 657 g/mol. The highest BCUT2D eigenvalue weighted by Crippen LogP contribution is 2.36. The zero-order valence-corrected chi connectivity index (χ0v) is 28.6. The number of ether oxygens (including phenoxy) is 1. The van der Waals surface area contributed by atoms with E-state index in [0.717, 1.165) is 62.1 Å². The molecule has 0 bridgehead atoms. The maximum atomic E-state index is 12.9. The number of hydrogen-bond acceptors (Lipinski definition) is 10. The van der Waals surface area contributed by atoms with E-state index in [4.69, 9.17) is 16.3 Å². The molecule has 244 valence electrons. The third-order valence-corrected chi connectivity index (χ3v) is 10.3. The van der Waals surface area contributed by atoms with Crippen molar-refractivity contribution in [3.8, 4) is 5.75 Å². The smallest absolute Gasteiger partial charge is 0.244 e. The van der Waals surface area contributed by atoms with Crippen LogP contribution in [0.5, 0.6) is 5.75 Å². The lowest BCUT2D eigenvalue weighted by molar-refractivity contribution is 0.0982. The minimum Gasteiger partial charge on any atom is -0.486 e. The number of anilines is 5. The van der Waals surface area contributed by atoms with Gasteiger partial charge in [-0.1, -0.05) is 23.7 Å². The Labute approximate surface area is 272 Å². The summed E-state index contributed by atoms with van der Waals surface area (Å²) >= 11 is 6.46. The van der Waals surface area contributed by atoms with E-state index in [9.17, 15) is 8.42 Å². The van der Waals surface area contributed by atoms with E-state index in [1.165, 1.54) is 20.3 Å². The fourth-order valence-corrected chi connectivity index (χ4v) is 6.84. The Bertz CT molecular complexity index is 1580. The van der Waals surface area contributed by atoms with Gasteiger partial charge in [-0.05, 0) is 64.9 Å². The van der Waals surface area contributed by atoms with Gasteiger partial charge in [0.2, 0.25) is 16.0 Å². The van der Waals surface area contributed by atoms with Gasteiger partial charge in [-0.3, -0.25) is 4.90 Å². The van der Waals surface area contributed by atoms with Crippen LogP contribution in [0.2, 0.25) is 5.02 Å². The zero-order valence-electron chi connectivity index (χ0n) is 27.0. The molecule has 0 amide bonds. The summed E-state index contributed by atoms with van der Waals surface area (Å²) in [5.41, 5.74) is 1.76. The Balaban J connectivity index is 1.34. The van der Waals surface area contributed by atoms with E-state index < -0.39 is 15.6 Å². The van der Waals surface area contributed by atoms with E-state index >= 15 is 0 Å². The highest BCUT2D eigenvalue weighted by molar-refractivity contribution is 7.89. The molecule has 5 rings (SSSR count). The van der Waals surface area contributed by atoms with E-state index in [0.29, 0.717) is 23.2 Å². The van der Waals surface area contributed by atoms with Crippen molar-refractivity contribution in [1.82, 2.24) is 24.1 Å². The molecule has 3 heterocycles. The number of piperidine rings is 1. The number of para-hydroxylation sites is 1. The summed E-state index contributed by atoms with van der Waals surface area (Å²) in [7, 11) is 1.48. The van der Waals surface area contributed by atoms with Gasteiger partial charge in [0.25, 0.3) is 0 Å². The molecule has 11 nitrogen and oxygen atoms in total. The third kappa shape index (κ3) is 8.17. The number of aromatic nitrogens is 2. The van der Waals surface area contributed by atoms with Crippen LogP contribution in [0.4, 0.5) is 28.8 Å². The fourth-order valence-electron chi connectivity index (χ4n) is 5.66. The summed E-state index contributed by atoms with van der Waals surface area (Å²) in [6.07, 6.45) is 3.77. The molecule has 45 heavy (non-hydrogen) atoms. The van der Waals surface area contributed by atoms with Crippen LogP contribution in [0.3, 0.4) is 0 Å². The number of benzene rings is 2. The molecule has 0 aliphatic carbocycles.